The molecule has 0 heterocycles. The molecule has 37 heavy (non-hydrogen) atoms. The van der Waals surface area contributed by atoms with Gasteiger partial charge in [-0.2, -0.15) is 0 Å². The number of amides is 2. The van der Waals surface area contributed by atoms with Gasteiger partial charge in [0.15, 0.2) is 5.78 Å². The van der Waals surface area contributed by atoms with Crippen LogP contribution in [0.1, 0.15) is 54.4 Å². The Hall–Kier alpha value is -2.12. The molecule has 0 unspecified atom stereocenters. The van der Waals surface area contributed by atoms with E-state index < -0.39 is 17.4 Å². The maximum Gasteiger partial charge on any atom is 0.320 e. The minimum absolute atomic E-state index is 0.0321. The highest BCUT2D eigenvalue weighted by molar-refractivity contribution is 5.84. The van der Waals surface area contributed by atoms with Gasteiger partial charge >= 0.3 is 5.97 Å². The Kier molecular flexibility index (Phi) is 17.9. The molecule has 0 fully saturated rings. The van der Waals surface area contributed by atoms with Crippen molar-refractivity contribution < 1.29 is 43.2 Å². The lowest BCUT2D eigenvalue weighted by Crippen LogP contribution is -2.48. The average Bonchev–Trinajstić information content (AvgIpc) is 2.78. The van der Waals surface area contributed by atoms with Crippen LogP contribution in [-0.2, 0) is 38.1 Å². The largest absolute Gasteiger partial charge is 0.480 e. The van der Waals surface area contributed by atoms with E-state index in [1.807, 2.05) is 41.5 Å². The predicted molar refractivity (Wildman–Crippen MR) is 137 cm³/mol. The molecule has 4 N–H and O–H groups in total. The number of Topliss-reactive ketones (excluding diaryl/α,β-unsaturated/α-hetero) is 1. The van der Waals surface area contributed by atoms with Crippen molar-refractivity contribution in [3.8, 4) is 0 Å². The summed E-state index contributed by atoms with van der Waals surface area (Å²) < 4.78 is 21.2. The second-order valence-electron chi connectivity index (χ2n) is 10.5. The van der Waals surface area contributed by atoms with Crippen LogP contribution >= 0.6 is 0 Å². The van der Waals surface area contributed by atoms with Crippen LogP contribution in [0.25, 0.3) is 0 Å². The van der Waals surface area contributed by atoms with Crippen molar-refractivity contribution in [1.82, 2.24) is 16.0 Å². The summed E-state index contributed by atoms with van der Waals surface area (Å²) in [4.78, 5) is 46.6. The van der Waals surface area contributed by atoms with Gasteiger partial charge in [-0.15, -0.1) is 0 Å². The number of ketones is 1. The van der Waals surface area contributed by atoms with Crippen LogP contribution in [0.3, 0.4) is 0 Å². The number of carbonyl (C=O) groups is 4. The van der Waals surface area contributed by atoms with E-state index >= 15 is 0 Å². The van der Waals surface area contributed by atoms with Gasteiger partial charge in [-0.1, -0.05) is 20.8 Å². The average molecular weight is 534 g/mol. The van der Waals surface area contributed by atoms with Crippen LogP contribution in [0.4, 0.5) is 0 Å². The zero-order valence-electron chi connectivity index (χ0n) is 23.3. The Morgan fingerprint density at radius 2 is 1.19 bits per heavy atom. The molecular weight excluding hydrogens is 486 g/mol. The van der Waals surface area contributed by atoms with E-state index in [4.69, 9.17) is 18.9 Å². The number of carboxylic acid groups (broad SMARTS) is 1. The van der Waals surface area contributed by atoms with Gasteiger partial charge in [0.05, 0.1) is 39.6 Å². The van der Waals surface area contributed by atoms with E-state index in [1.54, 1.807) is 0 Å². The van der Waals surface area contributed by atoms with Crippen LogP contribution in [0.5, 0.6) is 0 Å². The SMILES string of the molecule is CC(C)(C)N[C@@H](CCC(=O)NCCOCCOCC(=O)NCCOCCOCC(=O)C(C)(C)C)C(=O)O. The Morgan fingerprint density at radius 3 is 1.68 bits per heavy atom. The quantitative estimate of drug-likeness (QED) is 0.153. The van der Waals surface area contributed by atoms with Gasteiger partial charge in [-0.05, 0) is 27.2 Å². The normalized spacial score (nSPS) is 12.7. The van der Waals surface area contributed by atoms with Gasteiger partial charge in [0.1, 0.15) is 19.3 Å². The summed E-state index contributed by atoms with van der Waals surface area (Å²) in [7, 11) is 0. The molecule has 0 spiro atoms. The van der Waals surface area contributed by atoms with Gasteiger partial charge in [-0.25, -0.2) is 0 Å². The van der Waals surface area contributed by atoms with Gasteiger partial charge in [0.25, 0.3) is 0 Å². The number of aliphatic carboxylic acids is 1. The summed E-state index contributed by atoms with van der Waals surface area (Å²) in [6.45, 7) is 13.4. The third-order valence-electron chi connectivity index (χ3n) is 4.75. The molecule has 1 atom stereocenters. The second kappa shape index (κ2) is 19.0. The van der Waals surface area contributed by atoms with Crippen molar-refractivity contribution in [1.29, 1.82) is 0 Å². The molecular formula is C25H47N3O9. The molecule has 0 aromatic rings. The molecule has 12 nitrogen and oxygen atoms in total. The van der Waals surface area contributed by atoms with Gasteiger partial charge in [0.2, 0.25) is 11.8 Å². The highest BCUT2D eigenvalue weighted by Gasteiger charge is 2.24. The number of rotatable bonds is 21. The third-order valence-corrected chi connectivity index (χ3v) is 4.75. The molecule has 0 aromatic carbocycles. The molecule has 216 valence electrons. The minimum Gasteiger partial charge on any atom is -0.480 e. The summed E-state index contributed by atoms with van der Waals surface area (Å²) in [6.07, 6.45) is 0.283. The molecule has 0 radical (unpaired) electrons. The van der Waals surface area contributed by atoms with Crippen LogP contribution in [-0.4, -0.2) is 106 Å². The lowest BCUT2D eigenvalue weighted by atomic mass is 9.91. The van der Waals surface area contributed by atoms with E-state index in [0.717, 1.165) is 0 Å². The molecule has 0 aliphatic heterocycles. The molecule has 0 bridgehead atoms. The summed E-state index contributed by atoms with van der Waals surface area (Å²) in [5.41, 5.74) is -0.784. The van der Waals surface area contributed by atoms with E-state index in [1.165, 1.54) is 0 Å². The molecule has 0 saturated carbocycles. The molecule has 2 amide bonds. The number of nitrogens with one attached hydrogen (secondary N) is 3. The standard InChI is InChI=1S/C25H47N3O9/c1-24(2,3)20(29)17-36-15-13-35-12-10-27-22(31)18-37-16-14-34-11-9-26-21(30)8-7-19(23(32)33)28-25(4,5)6/h19,28H,7-18H2,1-6H3,(H,26,30)(H,27,31)(H,32,33)/t19-/m0/s1. The van der Waals surface area contributed by atoms with E-state index in [9.17, 15) is 24.3 Å². The second-order valence-corrected chi connectivity index (χ2v) is 10.5. The first-order chi connectivity index (χ1) is 17.2. The first-order valence-corrected chi connectivity index (χ1v) is 12.6. The fourth-order valence-corrected chi connectivity index (χ4v) is 2.71. The number of carbonyl (C=O) groups excluding carboxylic acids is 3. The first kappa shape index (κ1) is 34.9. The lowest BCUT2D eigenvalue weighted by molar-refractivity contribution is -0.140. The highest BCUT2D eigenvalue weighted by Crippen LogP contribution is 2.14. The van der Waals surface area contributed by atoms with E-state index in [2.05, 4.69) is 16.0 Å². The number of ether oxygens (including phenoxy) is 4. The van der Waals surface area contributed by atoms with E-state index in [-0.39, 0.29) is 69.0 Å². The van der Waals surface area contributed by atoms with Crippen molar-refractivity contribution in [3.05, 3.63) is 0 Å². The number of hydrogen-bond donors (Lipinski definition) is 4. The predicted octanol–water partition coefficient (Wildman–Crippen LogP) is 0.522. The maximum atomic E-state index is 11.9. The zero-order valence-corrected chi connectivity index (χ0v) is 23.3. The highest BCUT2D eigenvalue weighted by atomic mass is 16.5. The van der Waals surface area contributed by atoms with Crippen molar-refractivity contribution >= 4 is 23.6 Å². The van der Waals surface area contributed by atoms with Crippen molar-refractivity contribution in [2.24, 2.45) is 5.41 Å². The summed E-state index contributed by atoms with van der Waals surface area (Å²) in [5.74, 6) is -1.47. The molecule has 0 saturated heterocycles. The minimum atomic E-state index is -0.986. The monoisotopic (exact) mass is 533 g/mol. The van der Waals surface area contributed by atoms with Crippen LogP contribution in [0, 0.1) is 5.41 Å². The van der Waals surface area contributed by atoms with Crippen LogP contribution < -0.4 is 16.0 Å². The Morgan fingerprint density at radius 1 is 0.703 bits per heavy atom. The zero-order chi connectivity index (χ0) is 28.3. The fourth-order valence-electron chi connectivity index (χ4n) is 2.71. The smallest absolute Gasteiger partial charge is 0.320 e. The number of carboxylic acids is 1. The molecule has 12 heteroatoms. The Balaban J connectivity index is 3.59. The topological polar surface area (TPSA) is 162 Å². The Labute approximate surface area is 220 Å². The maximum absolute atomic E-state index is 11.9. The van der Waals surface area contributed by atoms with Gasteiger partial charge in [-0.3, -0.25) is 24.5 Å². The van der Waals surface area contributed by atoms with Gasteiger partial charge in [0, 0.05) is 30.5 Å². The third kappa shape index (κ3) is 21.7. The van der Waals surface area contributed by atoms with Gasteiger partial charge < -0.3 is 34.7 Å². The molecule has 0 aliphatic carbocycles. The summed E-state index contributed by atoms with van der Waals surface area (Å²) in [6, 6.07) is -0.792. The van der Waals surface area contributed by atoms with Crippen molar-refractivity contribution in [3.63, 3.8) is 0 Å². The van der Waals surface area contributed by atoms with Crippen LogP contribution in [0.15, 0.2) is 0 Å². The summed E-state index contributed by atoms with van der Waals surface area (Å²) >= 11 is 0. The summed E-state index contributed by atoms with van der Waals surface area (Å²) in [5, 5.41) is 17.6. The lowest BCUT2D eigenvalue weighted by Gasteiger charge is -2.25. The molecule has 0 rings (SSSR count). The Bertz CT molecular complexity index is 688. The van der Waals surface area contributed by atoms with Crippen molar-refractivity contribution in [2.45, 2.75) is 66.0 Å². The molecule has 0 aromatic heterocycles. The fraction of sp³-hybridized carbons (Fsp3) is 0.840. The van der Waals surface area contributed by atoms with Crippen LogP contribution in [0.2, 0.25) is 0 Å². The number of hydrogen-bond acceptors (Lipinski definition) is 9. The first-order valence-electron chi connectivity index (χ1n) is 12.6. The molecule has 0 aliphatic rings. The van der Waals surface area contributed by atoms with E-state index in [0.29, 0.717) is 32.9 Å². The van der Waals surface area contributed by atoms with Crippen molar-refractivity contribution in [2.75, 3.05) is 65.9 Å².